The number of aliphatic hydroxyl groups excluding tert-OH is 2. The Bertz CT molecular complexity index is 312. The maximum Gasteiger partial charge on any atom is 2.00 e. The zero-order valence-corrected chi connectivity index (χ0v) is 21.7. The van der Waals surface area contributed by atoms with Gasteiger partial charge in [-0.3, -0.25) is 0 Å². The van der Waals surface area contributed by atoms with Crippen LogP contribution in [0.3, 0.4) is 0 Å². The molecule has 0 bridgehead atoms. The first kappa shape index (κ1) is 39.1. The van der Waals surface area contributed by atoms with E-state index in [1.54, 1.807) is 0 Å². The van der Waals surface area contributed by atoms with Crippen molar-refractivity contribution in [1.29, 1.82) is 0 Å². The van der Waals surface area contributed by atoms with E-state index in [4.69, 9.17) is 10.2 Å². The molecule has 0 amide bonds. The molecule has 0 unspecified atom stereocenters. The van der Waals surface area contributed by atoms with Crippen molar-refractivity contribution >= 4 is 11.9 Å². The van der Waals surface area contributed by atoms with Crippen molar-refractivity contribution < 1.29 is 51.7 Å². The van der Waals surface area contributed by atoms with Gasteiger partial charge in [0.2, 0.25) is 0 Å². The summed E-state index contributed by atoms with van der Waals surface area (Å²) in [5.74, 6) is -1.85. The van der Waals surface area contributed by atoms with Crippen LogP contribution in [0.5, 0.6) is 0 Å². The molecule has 0 saturated carbocycles. The predicted molar refractivity (Wildman–Crippen MR) is 111 cm³/mol. The third kappa shape index (κ3) is 58.4. The van der Waals surface area contributed by atoms with Gasteiger partial charge in [-0.25, -0.2) is 0 Å². The van der Waals surface area contributed by atoms with E-state index >= 15 is 0 Å². The van der Waals surface area contributed by atoms with Crippen LogP contribution in [0.25, 0.3) is 0 Å². The maximum atomic E-state index is 10.0. The molecule has 0 aromatic rings. The number of unbranched alkanes of at least 4 members (excludes halogenated alkanes) is 4. The van der Waals surface area contributed by atoms with Gasteiger partial charge in [-0.1, -0.05) is 67.2 Å². The predicted octanol–water partition coefficient (Wildman–Crippen LogP) is 2.68. The molecule has 0 aliphatic heterocycles. The summed E-state index contributed by atoms with van der Waals surface area (Å²) in [5, 5.41) is 34.1. The average molecular weight is 454 g/mol. The van der Waals surface area contributed by atoms with Gasteiger partial charge in [0.05, 0.1) is 0 Å². The van der Waals surface area contributed by atoms with E-state index in [0.717, 1.165) is 52.7 Å². The van der Waals surface area contributed by atoms with Gasteiger partial charge in [0.1, 0.15) is 0 Å². The molecule has 29 heavy (non-hydrogen) atoms. The molecule has 6 nitrogen and oxygen atoms in total. The summed E-state index contributed by atoms with van der Waals surface area (Å²) in [6, 6.07) is 0. The first-order chi connectivity index (χ1) is 12.8. The molecule has 0 heterocycles. The third-order valence-electron chi connectivity index (χ3n) is 3.62. The second kappa shape index (κ2) is 25.6. The maximum absolute atomic E-state index is 10.0. The molecule has 0 aromatic carbocycles. The Labute approximate surface area is 194 Å². The molecular weight excluding hydrogens is 408 g/mol. The van der Waals surface area contributed by atoms with Crippen molar-refractivity contribution in [3.05, 3.63) is 0 Å². The van der Waals surface area contributed by atoms with Crippen molar-refractivity contribution in [1.82, 2.24) is 0 Å². The van der Waals surface area contributed by atoms with Gasteiger partial charge in [-0.15, -0.1) is 0 Å². The van der Waals surface area contributed by atoms with Gasteiger partial charge < -0.3 is 30.0 Å². The number of aliphatic carboxylic acids is 2. The standard InChI is InChI=1S/2C10H20O2.2CH4O.Ti/c2*1-10(2,3)8-6-4-5-7-9(11)12;2*1-2;/h2*4-8H2,1-3H3,(H,11,12);2*2H,1H3;/q;;;;+2/p-2. The fourth-order valence-corrected chi connectivity index (χ4v) is 2.20. The zero-order valence-electron chi connectivity index (χ0n) is 20.1. The van der Waals surface area contributed by atoms with Gasteiger partial charge >= 0.3 is 21.7 Å². The van der Waals surface area contributed by atoms with Crippen LogP contribution < -0.4 is 10.2 Å². The molecule has 7 heteroatoms. The molecule has 0 rings (SSSR count). The number of carboxylic acids is 2. The molecule has 0 spiro atoms. The summed E-state index contributed by atoms with van der Waals surface area (Å²) in [4.78, 5) is 20.1. The summed E-state index contributed by atoms with van der Waals surface area (Å²) < 4.78 is 0. The average Bonchev–Trinajstić information content (AvgIpc) is 2.56. The van der Waals surface area contributed by atoms with E-state index in [1.807, 2.05) is 0 Å². The first-order valence-corrected chi connectivity index (χ1v) is 10.1. The molecule has 2 N–H and O–H groups in total. The Morgan fingerprint density at radius 1 is 0.586 bits per heavy atom. The van der Waals surface area contributed by atoms with E-state index < -0.39 is 11.9 Å². The molecular formula is C22H46O6Ti. The molecule has 0 fully saturated rings. The molecule has 0 radical (unpaired) electrons. The Hall–Kier alpha value is -0.426. The van der Waals surface area contributed by atoms with Crippen molar-refractivity contribution in [3.63, 3.8) is 0 Å². The number of carboxylic acid groups (broad SMARTS) is 2. The summed E-state index contributed by atoms with van der Waals surface area (Å²) >= 11 is 0. The zero-order chi connectivity index (χ0) is 23.2. The Morgan fingerprint density at radius 3 is 1.00 bits per heavy atom. The summed E-state index contributed by atoms with van der Waals surface area (Å²) in [5.41, 5.74) is 0.753. The summed E-state index contributed by atoms with van der Waals surface area (Å²) in [7, 11) is 2.00. The fraction of sp³-hybridized carbons (Fsp3) is 0.909. The molecule has 0 saturated heterocycles. The van der Waals surface area contributed by atoms with Crippen molar-refractivity contribution in [3.8, 4) is 0 Å². The van der Waals surface area contributed by atoms with Gasteiger partial charge in [-0.2, -0.15) is 0 Å². The topological polar surface area (TPSA) is 121 Å². The van der Waals surface area contributed by atoms with Crippen LogP contribution in [0.15, 0.2) is 0 Å². The number of hydrogen-bond donors (Lipinski definition) is 2. The monoisotopic (exact) mass is 454 g/mol. The van der Waals surface area contributed by atoms with Crippen LogP contribution in [0.4, 0.5) is 0 Å². The SMILES string of the molecule is CC(C)(C)CCCCCC(=O)[O-].CC(C)(C)CCCCCC(=O)[O-].CO.CO.[Ti+2]. The molecule has 174 valence electrons. The smallest absolute Gasteiger partial charge is 0.550 e. The largest absolute Gasteiger partial charge is 2.00 e. The van der Waals surface area contributed by atoms with E-state index in [9.17, 15) is 19.8 Å². The Balaban J connectivity index is -0.000000109. The summed E-state index contributed by atoms with van der Waals surface area (Å²) in [6.07, 6.45) is 8.54. The van der Waals surface area contributed by atoms with Crippen LogP contribution in [-0.4, -0.2) is 36.4 Å². The second-order valence-electron chi connectivity index (χ2n) is 8.99. The van der Waals surface area contributed by atoms with Gasteiger partial charge in [0, 0.05) is 26.2 Å². The number of carbonyl (C=O) groups excluding carboxylic acids is 2. The number of rotatable bonds is 10. The van der Waals surface area contributed by atoms with E-state index in [1.165, 1.54) is 12.8 Å². The minimum absolute atomic E-state index is 0. The number of aliphatic hydroxyl groups is 2. The van der Waals surface area contributed by atoms with Crippen molar-refractivity contribution in [2.24, 2.45) is 10.8 Å². The minimum atomic E-state index is -0.925. The quantitative estimate of drug-likeness (QED) is 0.387. The first-order valence-electron chi connectivity index (χ1n) is 10.1. The summed E-state index contributed by atoms with van der Waals surface area (Å²) in [6.45, 7) is 13.2. The number of carbonyl (C=O) groups is 2. The Kier molecular flexibility index (Phi) is 34.5. The molecule has 0 aliphatic rings. The Morgan fingerprint density at radius 2 is 0.828 bits per heavy atom. The van der Waals surface area contributed by atoms with Gasteiger partial charge in [0.25, 0.3) is 0 Å². The van der Waals surface area contributed by atoms with E-state index in [-0.39, 0.29) is 34.6 Å². The van der Waals surface area contributed by atoms with Crippen LogP contribution >= 0.6 is 0 Å². The second-order valence-corrected chi connectivity index (χ2v) is 8.99. The van der Waals surface area contributed by atoms with Gasteiger partial charge in [0.15, 0.2) is 0 Å². The van der Waals surface area contributed by atoms with Crippen LogP contribution in [0.1, 0.15) is 106 Å². The molecule has 0 aromatic heterocycles. The van der Waals surface area contributed by atoms with Crippen molar-refractivity contribution in [2.75, 3.05) is 14.2 Å². The molecule has 0 atom stereocenters. The van der Waals surface area contributed by atoms with Crippen LogP contribution in [0.2, 0.25) is 0 Å². The minimum Gasteiger partial charge on any atom is -0.550 e. The van der Waals surface area contributed by atoms with Crippen LogP contribution in [-0.2, 0) is 31.3 Å². The van der Waals surface area contributed by atoms with E-state index in [0.29, 0.717) is 10.8 Å². The van der Waals surface area contributed by atoms with E-state index in [2.05, 4.69) is 41.5 Å². The van der Waals surface area contributed by atoms with Crippen molar-refractivity contribution in [2.45, 2.75) is 106 Å². The van der Waals surface area contributed by atoms with Gasteiger partial charge in [-0.05, 0) is 49.4 Å². The van der Waals surface area contributed by atoms with Crippen LogP contribution in [0, 0.1) is 10.8 Å². The fourth-order valence-electron chi connectivity index (χ4n) is 2.20. The third-order valence-corrected chi connectivity index (χ3v) is 3.62. The number of hydrogen-bond acceptors (Lipinski definition) is 6. The molecule has 0 aliphatic carbocycles. The normalized spacial score (nSPS) is 10.0.